The van der Waals surface area contributed by atoms with Gasteiger partial charge in [0.25, 0.3) is 5.91 Å². The van der Waals surface area contributed by atoms with Crippen LogP contribution in [0.25, 0.3) is 6.08 Å². The predicted octanol–water partition coefficient (Wildman–Crippen LogP) is 3.08. The molecule has 2 saturated heterocycles. The van der Waals surface area contributed by atoms with Crippen LogP contribution in [0.1, 0.15) is 35.2 Å². The molecule has 2 atom stereocenters. The fourth-order valence-corrected chi connectivity index (χ4v) is 4.71. The van der Waals surface area contributed by atoms with Crippen LogP contribution in [0.15, 0.2) is 60.9 Å². The van der Waals surface area contributed by atoms with Gasteiger partial charge in [0.2, 0.25) is 0 Å². The van der Waals surface area contributed by atoms with E-state index in [1.54, 1.807) is 18.5 Å². The smallest absolute Gasteiger partial charge is 0.255 e. The van der Waals surface area contributed by atoms with Crippen LogP contribution in [0.2, 0.25) is 0 Å². The lowest BCUT2D eigenvalue weighted by molar-refractivity contribution is -0.0762. The maximum absolute atomic E-state index is 12.9. The van der Waals surface area contributed by atoms with Crippen LogP contribution in [-0.2, 0) is 0 Å². The summed E-state index contributed by atoms with van der Waals surface area (Å²) in [5.74, 6) is 0.0190. The van der Waals surface area contributed by atoms with Crippen molar-refractivity contribution in [3.8, 4) is 0 Å². The van der Waals surface area contributed by atoms with Crippen molar-refractivity contribution < 1.29 is 9.90 Å². The van der Waals surface area contributed by atoms with Gasteiger partial charge in [0.15, 0.2) is 0 Å². The standard InChI is InChI=1S/C24H29N3O2/c28-22-11-16-26(14-5-9-20-7-2-1-3-8-20)18-24(22)12-6-15-27(19-24)23(29)21-10-4-13-25-17-21/h1-5,7-10,13,17,22,28H,6,11-12,14-16,18-19H2/t22-,24-/m1/s1. The number of hydrogen-bond donors (Lipinski definition) is 1. The first-order valence-corrected chi connectivity index (χ1v) is 10.5. The molecular formula is C24H29N3O2. The van der Waals surface area contributed by atoms with E-state index >= 15 is 0 Å². The fourth-order valence-electron chi connectivity index (χ4n) is 4.71. The Kier molecular flexibility index (Phi) is 6.07. The molecule has 1 aromatic heterocycles. The molecule has 1 spiro atoms. The van der Waals surface area contributed by atoms with E-state index < -0.39 is 0 Å². The summed E-state index contributed by atoms with van der Waals surface area (Å²) in [5.41, 5.74) is 1.58. The highest BCUT2D eigenvalue weighted by atomic mass is 16.3. The highest BCUT2D eigenvalue weighted by Gasteiger charge is 2.46. The number of aliphatic hydroxyl groups excluding tert-OH is 1. The second-order valence-corrected chi connectivity index (χ2v) is 8.29. The van der Waals surface area contributed by atoms with Gasteiger partial charge < -0.3 is 10.0 Å². The SMILES string of the molecule is O=C(c1cccnc1)N1CCC[C@@]2(CN(CC=Cc3ccccc3)CC[C@H]2O)C1. The van der Waals surface area contributed by atoms with Gasteiger partial charge in [-0.15, -0.1) is 0 Å². The van der Waals surface area contributed by atoms with Crippen LogP contribution in [0.4, 0.5) is 0 Å². The number of benzene rings is 1. The largest absolute Gasteiger partial charge is 0.392 e. The molecule has 3 heterocycles. The van der Waals surface area contributed by atoms with Gasteiger partial charge in [-0.05, 0) is 37.0 Å². The second-order valence-electron chi connectivity index (χ2n) is 8.29. The van der Waals surface area contributed by atoms with E-state index in [4.69, 9.17) is 0 Å². The second kappa shape index (κ2) is 8.89. The van der Waals surface area contributed by atoms with Gasteiger partial charge in [-0.1, -0.05) is 42.5 Å². The highest BCUT2D eigenvalue weighted by molar-refractivity contribution is 5.94. The Morgan fingerprint density at radius 3 is 2.83 bits per heavy atom. The van der Waals surface area contributed by atoms with Crippen molar-refractivity contribution in [3.05, 3.63) is 72.1 Å². The van der Waals surface area contributed by atoms with Gasteiger partial charge in [0.05, 0.1) is 11.7 Å². The Balaban J connectivity index is 1.42. The first kappa shape index (κ1) is 19.8. The molecule has 0 radical (unpaired) electrons. The van der Waals surface area contributed by atoms with E-state index in [-0.39, 0.29) is 17.4 Å². The van der Waals surface area contributed by atoms with Crippen LogP contribution in [0.5, 0.6) is 0 Å². The predicted molar refractivity (Wildman–Crippen MR) is 114 cm³/mol. The van der Waals surface area contributed by atoms with E-state index in [1.807, 2.05) is 29.2 Å². The number of hydrogen-bond acceptors (Lipinski definition) is 4. The molecule has 2 fully saturated rings. The van der Waals surface area contributed by atoms with Crippen molar-refractivity contribution >= 4 is 12.0 Å². The molecule has 2 aromatic rings. The quantitative estimate of drug-likeness (QED) is 0.870. The molecule has 4 rings (SSSR count). The van der Waals surface area contributed by atoms with Crippen molar-refractivity contribution in [1.82, 2.24) is 14.8 Å². The molecular weight excluding hydrogens is 362 g/mol. The first-order chi connectivity index (χ1) is 14.2. The summed E-state index contributed by atoms with van der Waals surface area (Å²) in [4.78, 5) is 21.3. The average Bonchev–Trinajstić information content (AvgIpc) is 2.77. The summed E-state index contributed by atoms with van der Waals surface area (Å²) in [7, 11) is 0. The molecule has 1 N–H and O–H groups in total. The van der Waals surface area contributed by atoms with Crippen LogP contribution in [0.3, 0.4) is 0 Å². The molecule has 0 unspecified atom stereocenters. The summed E-state index contributed by atoms with van der Waals surface area (Å²) in [6, 6.07) is 13.9. The number of nitrogens with zero attached hydrogens (tertiary/aromatic N) is 3. The van der Waals surface area contributed by atoms with Crippen molar-refractivity contribution in [3.63, 3.8) is 0 Å². The number of likely N-dealkylation sites (tertiary alicyclic amines) is 2. The Bertz CT molecular complexity index is 840. The minimum Gasteiger partial charge on any atom is -0.392 e. The summed E-state index contributed by atoms with van der Waals surface area (Å²) >= 11 is 0. The van der Waals surface area contributed by atoms with Gasteiger partial charge in [-0.25, -0.2) is 0 Å². The van der Waals surface area contributed by atoms with Crippen molar-refractivity contribution in [2.75, 3.05) is 32.7 Å². The van der Waals surface area contributed by atoms with Crippen LogP contribution < -0.4 is 0 Å². The monoisotopic (exact) mass is 391 g/mol. The third-order valence-corrected chi connectivity index (χ3v) is 6.24. The third-order valence-electron chi connectivity index (χ3n) is 6.24. The fraction of sp³-hybridized carbons (Fsp3) is 0.417. The van der Waals surface area contributed by atoms with E-state index in [9.17, 15) is 9.90 Å². The summed E-state index contributed by atoms with van der Waals surface area (Å²) in [6.07, 6.45) is 9.94. The van der Waals surface area contributed by atoms with E-state index in [2.05, 4.69) is 34.2 Å². The number of piperidine rings is 2. The Labute approximate surface area is 172 Å². The summed E-state index contributed by atoms with van der Waals surface area (Å²) < 4.78 is 0. The topological polar surface area (TPSA) is 56.7 Å². The average molecular weight is 392 g/mol. The lowest BCUT2D eigenvalue weighted by atomic mass is 9.71. The number of amides is 1. The van der Waals surface area contributed by atoms with Crippen LogP contribution in [0, 0.1) is 5.41 Å². The van der Waals surface area contributed by atoms with Gasteiger partial charge in [0.1, 0.15) is 0 Å². The summed E-state index contributed by atoms with van der Waals surface area (Å²) in [6.45, 7) is 3.93. The normalized spacial score (nSPS) is 25.6. The zero-order valence-electron chi connectivity index (χ0n) is 16.8. The Morgan fingerprint density at radius 1 is 1.17 bits per heavy atom. The number of pyridine rings is 1. The molecule has 5 nitrogen and oxygen atoms in total. The number of aromatic nitrogens is 1. The molecule has 152 valence electrons. The molecule has 1 amide bonds. The Hall–Kier alpha value is -2.50. The van der Waals surface area contributed by atoms with Crippen molar-refractivity contribution in [2.45, 2.75) is 25.4 Å². The lowest BCUT2D eigenvalue weighted by Crippen LogP contribution is -2.59. The minimum absolute atomic E-state index is 0.0190. The zero-order valence-corrected chi connectivity index (χ0v) is 16.8. The number of carbonyl (C=O) groups is 1. The van der Waals surface area contributed by atoms with Gasteiger partial charge in [0, 0.05) is 50.5 Å². The molecule has 0 saturated carbocycles. The number of rotatable bonds is 4. The summed E-state index contributed by atoms with van der Waals surface area (Å²) in [5, 5.41) is 10.9. The van der Waals surface area contributed by atoms with Gasteiger partial charge in [-0.3, -0.25) is 14.7 Å². The maximum atomic E-state index is 12.9. The molecule has 0 bridgehead atoms. The first-order valence-electron chi connectivity index (χ1n) is 10.5. The molecule has 5 heteroatoms. The molecule has 2 aliphatic heterocycles. The van der Waals surface area contributed by atoms with Crippen LogP contribution >= 0.6 is 0 Å². The van der Waals surface area contributed by atoms with Gasteiger partial charge >= 0.3 is 0 Å². The Morgan fingerprint density at radius 2 is 2.03 bits per heavy atom. The molecule has 2 aliphatic rings. The van der Waals surface area contributed by atoms with Crippen molar-refractivity contribution in [1.29, 1.82) is 0 Å². The molecule has 1 aromatic carbocycles. The maximum Gasteiger partial charge on any atom is 0.255 e. The lowest BCUT2D eigenvalue weighted by Gasteiger charge is -2.51. The third kappa shape index (κ3) is 4.57. The van der Waals surface area contributed by atoms with E-state index in [0.717, 1.165) is 45.4 Å². The zero-order chi connectivity index (χ0) is 20.1. The van der Waals surface area contributed by atoms with Gasteiger partial charge in [-0.2, -0.15) is 0 Å². The minimum atomic E-state index is -0.360. The van der Waals surface area contributed by atoms with E-state index in [1.165, 1.54) is 5.56 Å². The number of carbonyl (C=O) groups excluding carboxylic acids is 1. The molecule has 0 aliphatic carbocycles. The number of aliphatic hydroxyl groups is 1. The van der Waals surface area contributed by atoms with Crippen LogP contribution in [-0.4, -0.2) is 64.6 Å². The highest BCUT2D eigenvalue weighted by Crippen LogP contribution is 2.39. The van der Waals surface area contributed by atoms with E-state index in [0.29, 0.717) is 12.1 Å². The van der Waals surface area contributed by atoms with Crippen molar-refractivity contribution in [2.24, 2.45) is 5.41 Å². The molecule has 29 heavy (non-hydrogen) atoms.